The van der Waals surface area contributed by atoms with E-state index >= 15 is 0 Å². The second-order valence-electron chi connectivity index (χ2n) is 25.2. The van der Waals surface area contributed by atoms with E-state index < -0.39 is 6.10 Å². The van der Waals surface area contributed by atoms with Gasteiger partial charge in [0.05, 0.1) is 0 Å². The van der Waals surface area contributed by atoms with Crippen LogP contribution in [-0.4, -0.2) is 37.2 Å². The monoisotopic (exact) mass is 1150 g/mol. The molecular formula is C76H142O6. The lowest BCUT2D eigenvalue weighted by Gasteiger charge is -2.18. The molecule has 482 valence electrons. The fourth-order valence-corrected chi connectivity index (χ4v) is 11.4. The Labute approximate surface area is 512 Å². The molecule has 0 aromatic rings. The Morgan fingerprint density at radius 1 is 0.256 bits per heavy atom. The van der Waals surface area contributed by atoms with E-state index in [1.807, 2.05) is 0 Å². The van der Waals surface area contributed by atoms with Crippen LogP contribution in [-0.2, 0) is 28.6 Å². The maximum Gasteiger partial charge on any atom is 0.306 e. The van der Waals surface area contributed by atoms with Gasteiger partial charge < -0.3 is 14.2 Å². The van der Waals surface area contributed by atoms with Gasteiger partial charge >= 0.3 is 17.9 Å². The van der Waals surface area contributed by atoms with Crippen molar-refractivity contribution in [1.29, 1.82) is 0 Å². The molecule has 0 N–H and O–H groups in total. The van der Waals surface area contributed by atoms with E-state index in [0.29, 0.717) is 19.3 Å². The smallest absolute Gasteiger partial charge is 0.306 e. The van der Waals surface area contributed by atoms with Crippen LogP contribution < -0.4 is 0 Å². The van der Waals surface area contributed by atoms with E-state index in [9.17, 15) is 14.4 Å². The normalized spacial score (nSPS) is 12.2. The number of esters is 3. The summed E-state index contributed by atoms with van der Waals surface area (Å²) in [4.78, 5) is 38.4. The topological polar surface area (TPSA) is 78.9 Å². The molecule has 0 saturated carbocycles. The van der Waals surface area contributed by atoms with Gasteiger partial charge in [-0.2, -0.15) is 0 Å². The van der Waals surface area contributed by atoms with E-state index in [0.717, 1.165) is 83.5 Å². The van der Waals surface area contributed by atoms with Gasteiger partial charge in [0.25, 0.3) is 0 Å². The van der Waals surface area contributed by atoms with E-state index in [1.54, 1.807) is 0 Å². The van der Waals surface area contributed by atoms with Crippen LogP contribution in [0.1, 0.15) is 412 Å². The van der Waals surface area contributed by atoms with Gasteiger partial charge in [0, 0.05) is 19.3 Å². The van der Waals surface area contributed by atoms with Crippen molar-refractivity contribution in [3.63, 3.8) is 0 Å². The number of rotatable bonds is 69. The molecule has 0 aromatic carbocycles. The van der Waals surface area contributed by atoms with Gasteiger partial charge in [-0.05, 0) is 51.4 Å². The Morgan fingerprint density at radius 3 is 0.744 bits per heavy atom. The number of allylic oxidation sites excluding steroid dienone is 6. The first kappa shape index (κ1) is 79.6. The first-order valence-electron chi connectivity index (χ1n) is 37.0. The van der Waals surface area contributed by atoms with Gasteiger partial charge in [0.2, 0.25) is 0 Å². The summed E-state index contributed by atoms with van der Waals surface area (Å²) in [7, 11) is 0. The van der Waals surface area contributed by atoms with Crippen LogP contribution in [0.3, 0.4) is 0 Å². The van der Waals surface area contributed by atoms with Gasteiger partial charge in [0.15, 0.2) is 6.10 Å². The molecule has 0 aliphatic heterocycles. The minimum Gasteiger partial charge on any atom is -0.462 e. The summed E-state index contributed by atoms with van der Waals surface area (Å²) in [5.41, 5.74) is 0. The molecule has 0 saturated heterocycles. The van der Waals surface area contributed by atoms with Crippen LogP contribution in [0, 0.1) is 0 Å². The minimum absolute atomic E-state index is 0.0759. The van der Waals surface area contributed by atoms with Gasteiger partial charge in [-0.3, -0.25) is 14.4 Å². The predicted molar refractivity (Wildman–Crippen MR) is 358 cm³/mol. The summed E-state index contributed by atoms with van der Waals surface area (Å²) in [5, 5.41) is 0. The molecule has 0 bridgehead atoms. The van der Waals surface area contributed by atoms with Gasteiger partial charge in [0.1, 0.15) is 13.2 Å². The fourth-order valence-electron chi connectivity index (χ4n) is 11.4. The van der Waals surface area contributed by atoms with Crippen molar-refractivity contribution < 1.29 is 28.6 Å². The van der Waals surface area contributed by atoms with E-state index in [1.165, 1.54) is 289 Å². The third-order valence-corrected chi connectivity index (χ3v) is 16.9. The highest BCUT2D eigenvalue weighted by Gasteiger charge is 2.19. The third-order valence-electron chi connectivity index (χ3n) is 16.9. The number of unbranched alkanes of at least 4 members (excludes halogenated alkanes) is 52. The first-order valence-corrected chi connectivity index (χ1v) is 37.0. The molecule has 6 nitrogen and oxygen atoms in total. The van der Waals surface area contributed by atoms with Crippen LogP contribution in [0.15, 0.2) is 36.5 Å². The van der Waals surface area contributed by atoms with Gasteiger partial charge in [-0.25, -0.2) is 0 Å². The predicted octanol–water partition coefficient (Wildman–Crippen LogP) is 25.5. The van der Waals surface area contributed by atoms with Gasteiger partial charge in [-0.1, -0.05) is 378 Å². The average Bonchev–Trinajstić information content (AvgIpc) is 3.47. The quantitative estimate of drug-likeness (QED) is 0.0261. The third kappa shape index (κ3) is 68.4. The molecule has 0 amide bonds. The molecule has 6 heteroatoms. The van der Waals surface area contributed by atoms with Crippen molar-refractivity contribution in [2.45, 2.75) is 419 Å². The van der Waals surface area contributed by atoms with Crippen molar-refractivity contribution in [2.24, 2.45) is 0 Å². The van der Waals surface area contributed by atoms with E-state index in [-0.39, 0.29) is 31.1 Å². The molecule has 0 aromatic heterocycles. The van der Waals surface area contributed by atoms with Crippen molar-refractivity contribution in [1.82, 2.24) is 0 Å². The summed E-state index contributed by atoms with van der Waals surface area (Å²) in [6, 6.07) is 0. The molecule has 0 fully saturated rings. The summed E-state index contributed by atoms with van der Waals surface area (Å²) in [6.07, 6.45) is 89.3. The summed E-state index contributed by atoms with van der Waals surface area (Å²) >= 11 is 0. The Bertz CT molecular complexity index is 1370. The molecule has 1 unspecified atom stereocenters. The van der Waals surface area contributed by atoms with Gasteiger partial charge in [-0.15, -0.1) is 0 Å². The van der Waals surface area contributed by atoms with Crippen molar-refractivity contribution >= 4 is 17.9 Å². The van der Waals surface area contributed by atoms with Crippen LogP contribution in [0.4, 0.5) is 0 Å². The van der Waals surface area contributed by atoms with Crippen LogP contribution in [0.5, 0.6) is 0 Å². The SMILES string of the molecule is CC/C=C\C/C=C\C/C=C\CCCCCC(=O)OCC(COC(=O)CCCCCCCCCCCCCCCCCCCCCCCCCCCCCCCCCCCC)OC(=O)CCCCCCCCCCCCCCCCCCC. The molecule has 0 radical (unpaired) electrons. The first-order chi connectivity index (χ1) is 40.5. The lowest BCUT2D eigenvalue weighted by atomic mass is 10.0. The standard InChI is InChI=1S/C76H142O6/c1-4-7-10-13-16-19-22-25-27-29-30-31-32-33-34-35-36-37-38-39-40-41-42-43-44-45-47-48-51-54-57-60-63-66-69-75(78)81-72-73(71-80-74(77)68-65-62-59-56-53-50-24-21-18-15-12-9-6-3)82-76(79)70-67-64-61-58-55-52-49-46-28-26-23-20-17-14-11-8-5-2/h9,12,18,21,50,53,73H,4-8,10-11,13-17,19-20,22-49,51-52,54-72H2,1-3H3/b12-9-,21-18-,53-50-. The van der Waals surface area contributed by atoms with Crippen molar-refractivity contribution in [3.8, 4) is 0 Å². The summed E-state index contributed by atoms with van der Waals surface area (Å²) in [5.74, 6) is -0.878. The molecule has 0 rings (SSSR count). The number of hydrogen-bond acceptors (Lipinski definition) is 6. The zero-order valence-electron chi connectivity index (χ0n) is 55.5. The van der Waals surface area contributed by atoms with Crippen LogP contribution in [0.2, 0.25) is 0 Å². The fraction of sp³-hybridized carbons (Fsp3) is 0.882. The van der Waals surface area contributed by atoms with Crippen LogP contribution >= 0.6 is 0 Å². The molecule has 0 spiro atoms. The molecule has 82 heavy (non-hydrogen) atoms. The highest BCUT2D eigenvalue weighted by Crippen LogP contribution is 2.19. The highest BCUT2D eigenvalue weighted by atomic mass is 16.6. The molecule has 0 heterocycles. The molecular weight excluding hydrogens is 1010 g/mol. The second kappa shape index (κ2) is 71.1. The highest BCUT2D eigenvalue weighted by molar-refractivity contribution is 5.71. The summed E-state index contributed by atoms with van der Waals surface area (Å²) in [6.45, 7) is 6.58. The number of carbonyl (C=O) groups is 3. The summed E-state index contributed by atoms with van der Waals surface area (Å²) < 4.78 is 17.0. The molecule has 0 aliphatic rings. The second-order valence-corrected chi connectivity index (χ2v) is 25.2. The minimum atomic E-state index is -0.781. The Morgan fingerprint density at radius 2 is 0.476 bits per heavy atom. The lowest BCUT2D eigenvalue weighted by molar-refractivity contribution is -0.167. The maximum atomic E-state index is 12.9. The zero-order chi connectivity index (χ0) is 59.2. The van der Waals surface area contributed by atoms with Crippen molar-refractivity contribution in [3.05, 3.63) is 36.5 Å². The van der Waals surface area contributed by atoms with E-state index in [4.69, 9.17) is 14.2 Å². The van der Waals surface area contributed by atoms with Crippen LogP contribution in [0.25, 0.3) is 0 Å². The number of hydrogen-bond donors (Lipinski definition) is 0. The molecule has 0 aliphatic carbocycles. The average molecular weight is 1150 g/mol. The Kier molecular flexibility index (Phi) is 69.1. The lowest BCUT2D eigenvalue weighted by Crippen LogP contribution is -2.30. The maximum absolute atomic E-state index is 12.9. The van der Waals surface area contributed by atoms with Crippen molar-refractivity contribution in [2.75, 3.05) is 13.2 Å². The number of carbonyl (C=O) groups excluding carboxylic acids is 3. The van der Waals surface area contributed by atoms with E-state index in [2.05, 4.69) is 57.2 Å². The molecule has 1 atom stereocenters. The number of ether oxygens (including phenoxy) is 3. The Hall–Kier alpha value is -2.37. The zero-order valence-corrected chi connectivity index (χ0v) is 55.5. The Balaban J connectivity index is 4.07. The largest absolute Gasteiger partial charge is 0.462 e.